The summed E-state index contributed by atoms with van der Waals surface area (Å²) in [4.78, 5) is 16.2. The third-order valence-corrected chi connectivity index (χ3v) is 7.02. The quantitative estimate of drug-likeness (QED) is 0.336. The van der Waals surface area contributed by atoms with E-state index in [9.17, 15) is 35.2 Å². The maximum Gasteiger partial charge on any atom is 0.416 e. The summed E-state index contributed by atoms with van der Waals surface area (Å²) in [5, 5.41) is 2.51. The fraction of sp³-hybridized carbons (Fsp3) is 0.167. The Kier molecular flexibility index (Phi) is 7.77. The van der Waals surface area contributed by atoms with E-state index in [1.54, 1.807) is 12.1 Å². The molecule has 1 aromatic heterocycles. The number of nitrogens with one attached hydrogen (secondary N) is 1. The maximum atomic E-state index is 13.6. The first-order chi connectivity index (χ1) is 16.8. The van der Waals surface area contributed by atoms with Crippen molar-refractivity contribution in [2.75, 3.05) is 6.54 Å². The molecule has 0 bridgehead atoms. The summed E-state index contributed by atoms with van der Waals surface area (Å²) in [5.41, 5.74) is 0.0829. The van der Waals surface area contributed by atoms with Gasteiger partial charge in [-0.3, -0.25) is 14.1 Å². The number of rotatable bonds is 8. The number of aromatic nitrogens is 1. The van der Waals surface area contributed by atoms with Crippen molar-refractivity contribution >= 4 is 15.9 Å². The zero-order valence-corrected chi connectivity index (χ0v) is 19.6. The topological polar surface area (TPSA) is 79.4 Å². The number of alkyl halides is 3. The molecule has 1 heterocycles. The lowest BCUT2D eigenvalue weighted by atomic mass is 10.1. The van der Waals surface area contributed by atoms with Crippen LogP contribution >= 0.6 is 0 Å². The lowest BCUT2D eigenvalue weighted by Crippen LogP contribution is -2.38. The van der Waals surface area contributed by atoms with Crippen molar-refractivity contribution in [1.82, 2.24) is 14.6 Å². The van der Waals surface area contributed by atoms with E-state index in [1.165, 1.54) is 25.3 Å². The number of hydrogen-bond donors (Lipinski definition) is 1. The van der Waals surface area contributed by atoms with Gasteiger partial charge in [-0.25, -0.2) is 17.2 Å². The highest BCUT2D eigenvalue weighted by Crippen LogP contribution is 2.30. The van der Waals surface area contributed by atoms with Crippen molar-refractivity contribution in [3.63, 3.8) is 0 Å². The van der Waals surface area contributed by atoms with E-state index in [-0.39, 0.29) is 13.1 Å². The molecule has 0 fully saturated rings. The fourth-order valence-corrected chi connectivity index (χ4v) is 4.70. The van der Waals surface area contributed by atoms with Crippen LogP contribution in [0.5, 0.6) is 0 Å². The Morgan fingerprint density at radius 3 is 2.28 bits per heavy atom. The second-order valence-corrected chi connectivity index (χ2v) is 9.36. The number of halogens is 5. The second kappa shape index (κ2) is 10.4. The summed E-state index contributed by atoms with van der Waals surface area (Å²) in [6.07, 6.45) is -3.06. The van der Waals surface area contributed by atoms with Gasteiger partial charge in [-0.15, -0.1) is 0 Å². The molecule has 3 aromatic rings. The molecular weight excluding hydrogens is 505 g/mol. The Morgan fingerprint density at radius 1 is 1.03 bits per heavy atom. The molecule has 0 aliphatic carbocycles. The molecule has 0 unspecified atom stereocenters. The normalized spacial score (nSPS) is 11.7. The Bertz CT molecular complexity index is 1390. The fourth-order valence-electron chi connectivity index (χ4n) is 3.24. The minimum absolute atomic E-state index is 0.0726. The van der Waals surface area contributed by atoms with Crippen molar-refractivity contribution in [3.8, 4) is 11.3 Å². The van der Waals surface area contributed by atoms with Gasteiger partial charge in [0.1, 0.15) is 5.70 Å². The van der Waals surface area contributed by atoms with Crippen LogP contribution in [0, 0.1) is 11.6 Å². The lowest BCUT2D eigenvalue weighted by molar-refractivity contribution is -0.137. The minimum Gasteiger partial charge on any atom is -0.347 e. The number of nitrogens with zero attached hydrogens (tertiary/aromatic N) is 2. The molecule has 6 nitrogen and oxygen atoms in total. The van der Waals surface area contributed by atoms with Gasteiger partial charge < -0.3 is 5.32 Å². The molecule has 3 rings (SSSR count). The van der Waals surface area contributed by atoms with Crippen LogP contribution < -0.4 is 5.32 Å². The monoisotopic (exact) mass is 525 g/mol. The number of benzene rings is 2. The predicted octanol–water partition coefficient (Wildman–Crippen LogP) is 4.89. The van der Waals surface area contributed by atoms with Gasteiger partial charge in [-0.2, -0.15) is 13.2 Å². The smallest absolute Gasteiger partial charge is 0.347 e. The van der Waals surface area contributed by atoms with Gasteiger partial charge in [0, 0.05) is 24.8 Å². The van der Waals surface area contributed by atoms with Gasteiger partial charge in [-0.1, -0.05) is 18.7 Å². The van der Waals surface area contributed by atoms with Crippen molar-refractivity contribution in [1.29, 1.82) is 0 Å². The Labute approximate surface area is 204 Å². The Morgan fingerprint density at radius 2 is 1.69 bits per heavy atom. The van der Waals surface area contributed by atoms with Crippen LogP contribution in [0.1, 0.15) is 18.1 Å². The van der Waals surface area contributed by atoms with Gasteiger partial charge in [0.15, 0.2) is 11.6 Å². The average Bonchev–Trinajstić information content (AvgIpc) is 2.84. The number of carbonyl (C=O) groups is 1. The van der Waals surface area contributed by atoms with E-state index in [2.05, 4.69) is 16.9 Å². The van der Waals surface area contributed by atoms with Crippen molar-refractivity contribution in [3.05, 3.63) is 95.8 Å². The minimum atomic E-state index is -4.47. The SMILES string of the molecule is C=C(C(=O)NCc1ccnc(-c2ccc(C(F)(F)F)cc2)c1)N(CC)S(=O)(=O)c1ccc(F)c(F)c1. The highest BCUT2D eigenvalue weighted by molar-refractivity contribution is 7.89. The molecule has 0 saturated carbocycles. The molecule has 2 aromatic carbocycles. The van der Waals surface area contributed by atoms with E-state index in [4.69, 9.17) is 0 Å². The molecule has 0 radical (unpaired) electrons. The van der Waals surface area contributed by atoms with Gasteiger partial charge in [0.05, 0.1) is 16.2 Å². The number of amides is 1. The molecule has 0 spiro atoms. The zero-order valence-electron chi connectivity index (χ0n) is 18.8. The Balaban J connectivity index is 1.72. The molecule has 12 heteroatoms. The summed E-state index contributed by atoms with van der Waals surface area (Å²) in [6, 6.07) is 9.59. The lowest BCUT2D eigenvalue weighted by Gasteiger charge is -2.24. The van der Waals surface area contributed by atoms with E-state index in [0.29, 0.717) is 33.3 Å². The van der Waals surface area contributed by atoms with Gasteiger partial charge in [0.25, 0.3) is 15.9 Å². The second-order valence-electron chi connectivity index (χ2n) is 7.50. The average molecular weight is 525 g/mol. The highest BCUT2D eigenvalue weighted by atomic mass is 32.2. The molecule has 0 atom stereocenters. The molecule has 36 heavy (non-hydrogen) atoms. The standard InChI is InChI=1S/C24H20F5N3O3S/c1-3-32(36(34,35)19-8-9-20(25)21(26)13-19)15(2)23(33)31-14-16-10-11-30-22(12-16)17-4-6-18(7-5-17)24(27,28)29/h4-13H,2-3,14H2,1H3,(H,31,33). The number of likely N-dealkylation sites (N-methyl/N-ethyl adjacent to an activating group) is 1. The summed E-state index contributed by atoms with van der Waals surface area (Å²) in [6.45, 7) is 4.69. The Hall–Kier alpha value is -3.80. The third-order valence-electron chi connectivity index (χ3n) is 5.11. The van der Waals surface area contributed by atoms with Gasteiger partial charge >= 0.3 is 6.18 Å². The van der Waals surface area contributed by atoms with E-state index < -0.39 is 49.9 Å². The van der Waals surface area contributed by atoms with Crippen LogP contribution in [0.3, 0.4) is 0 Å². The molecular formula is C24H20F5N3O3S. The zero-order chi connectivity index (χ0) is 26.7. The van der Waals surface area contributed by atoms with Crippen LogP contribution in [0.25, 0.3) is 11.3 Å². The van der Waals surface area contributed by atoms with Gasteiger partial charge in [-0.05, 0) is 55.0 Å². The molecule has 0 aliphatic rings. The van der Waals surface area contributed by atoms with Crippen molar-refractivity contribution in [2.24, 2.45) is 0 Å². The van der Waals surface area contributed by atoms with Crippen LogP contribution in [0.4, 0.5) is 22.0 Å². The summed E-state index contributed by atoms with van der Waals surface area (Å²) >= 11 is 0. The number of hydrogen-bond acceptors (Lipinski definition) is 4. The van der Waals surface area contributed by atoms with E-state index in [0.717, 1.165) is 18.2 Å². The molecule has 0 saturated heterocycles. The van der Waals surface area contributed by atoms with Crippen molar-refractivity contribution in [2.45, 2.75) is 24.5 Å². The number of sulfonamides is 1. The van der Waals surface area contributed by atoms with Crippen LogP contribution in [-0.4, -0.2) is 30.2 Å². The molecule has 190 valence electrons. The molecule has 0 aliphatic heterocycles. The summed E-state index contributed by atoms with van der Waals surface area (Å²) < 4.78 is 91.5. The van der Waals surface area contributed by atoms with Crippen molar-refractivity contribution < 1.29 is 35.2 Å². The predicted molar refractivity (Wildman–Crippen MR) is 122 cm³/mol. The van der Waals surface area contributed by atoms with E-state index in [1.807, 2.05) is 0 Å². The summed E-state index contributed by atoms with van der Waals surface area (Å²) in [7, 11) is -4.40. The van der Waals surface area contributed by atoms with Crippen LogP contribution in [0.15, 0.2) is 78.0 Å². The highest BCUT2D eigenvalue weighted by Gasteiger charge is 2.30. The van der Waals surface area contributed by atoms with E-state index >= 15 is 0 Å². The van der Waals surface area contributed by atoms with Crippen LogP contribution in [-0.2, 0) is 27.5 Å². The van der Waals surface area contributed by atoms with Crippen LogP contribution in [0.2, 0.25) is 0 Å². The largest absolute Gasteiger partial charge is 0.416 e. The summed E-state index contributed by atoms with van der Waals surface area (Å²) in [5.74, 6) is -3.42. The molecule has 1 amide bonds. The third kappa shape index (κ3) is 5.88. The number of pyridine rings is 1. The molecule has 1 N–H and O–H groups in total. The maximum absolute atomic E-state index is 13.6. The van der Waals surface area contributed by atoms with Gasteiger partial charge in [0.2, 0.25) is 0 Å². The number of carbonyl (C=O) groups excluding carboxylic acids is 1. The first-order valence-corrected chi connectivity index (χ1v) is 11.9. The first-order valence-electron chi connectivity index (χ1n) is 10.4. The first kappa shape index (κ1) is 26.8.